The van der Waals surface area contributed by atoms with E-state index in [1.165, 1.54) is 6.42 Å². The summed E-state index contributed by atoms with van der Waals surface area (Å²) < 4.78 is 0. The van der Waals surface area contributed by atoms with Crippen LogP contribution in [-0.2, 0) is 4.79 Å². The normalized spacial score (nSPS) is 34.4. The van der Waals surface area contributed by atoms with Gasteiger partial charge in [-0.15, -0.1) is 0 Å². The van der Waals surface area contributed by atoms with Crippen molar-refractivity contribution in [3.63, 3.8) is 0 Å². The van der Waals surface area contributed by atoms with Crippen LogP contribution in [0.5, 0.6) is 0 Å². The summed E-state index contributed by atoms with van der Waals surface area (Å²) >= 11 is 0. The van der Waals surface area contributed by atoms with Gasteiger partial charge in [-0.1, -0.05) is 19.1 Å². The summed E-state index contributed by atoms with van der Waals surface area (Å²) in [5.41, 5.74) is 5.77. The monoisotopic (exact) mass is 208 g/mol. The van der Waals surface area contributed by atoms with Gasteiger partial charge in [0.25, 0.3) is 0 Å². The summed E-state index contributed by atoms with van der Waals surface area (Å²) in [4.78, 5) is 11.9. The Labute approximate surface area is 91.1 Å². The number of carbonyl (C=O) groups excluding carboxylic acids is 1. The molecule has 2 bridgehead atoms. The second-order valence-electron chi connectivity index (χ2n) is 4.80. The Morgan fingerprint density at radius 3 is 2.87 bits per heavy atom. The van der Waals surface area contributed by atoms with Crippen LogP contribution in [0.4, 0.5) is 0 Å². The Morgan fingerprint density at radius 2 is 2.33 bits per heavy atom. The van der Waals surface area contributed by atoms with Crippen LogP contribution in [0.2, 0.25) is 0 Å². The smallest absolute Gasteiger partial charge is 0.223 e. The van der Waals surface area contributed by atoms with Gasteiger partial charge in [0.1, 0.15) is 0 Å². The van der Waals surface area contributed by atoms with Gasteiger partial charge in [-0.3, -0.25) is 4.79 Å². The van der Waals surface area contributed by atoms with Crippen molar-refractivity contribution in [2.45, 2.75) is 32.2 Å². The van der Waals surface area contributed by atoms with Gasteiger partial charge in [0, 0.05) is 18.5 Å². The molecule has 4 atom stereocenters. The Kier molecular flexibility index (Phi) is 3.10. The molecule has 2 rings (SSSR count). The summed E-state index contributed by atoms with van der Waals surface area (Å²) in [6.07, 6.45) is 7.59. The van der Waals surface area contributed by atoms with Gasteiger partial charge in [-0.25, -0.2) is 0 Å². The maximum absolute atomic E-state index is 11.9. The molecule has 1 saturated carbocycles. The fourth-order valence-electron chi connectivity index (χ4n) is 2.59. The fourth-order valence-corrected chi connectivity index (χ4v) is 2.59. The molecule has 1 amide bonds. The average molecular weight is 208 g/mol. The second-order valence-corrected chi connectivity index (χ2v) is 4.80. The van der Waals surface area contributed by atoms with Crippen molar-refractivity contribution in [3.8, 4) is 0 Å². The topological polar surface area (TPSA) is 55.1 Å². The predicted octanol–water partition coefficient (Wildman–Crippen LogP) is 1.05. The van der Waals surface area contributed by atoms with E-state index in [9.17, 15) is 4.79 Å². The maximum atomic E-state index is 11.9. The highest BCUT2D eigenvalue weighted by Crippen LogP contribution is 2.43. The molecule has 3 nitrogen and oxygen atoms in total. The van der Waals surface area contributed by atoms with E-state index in [0.29, 0.717) is 18.4 Å². The third-order valence-corrected chi connectivity index (χ3v) is 3.68. The zero-order valence-corrected chi connectivity index (χ0v) is 9.28. The molecule has 84 valence electrons. The first-order valence-electron chi connectivity index (χ1n) is 5.92. The lowest BCUT2D eigenvalue weighted by molar-refractivity contribution is -0.125. The molecule has 2 aliphatic rings. The van der Waals surface area contributed by atoms with Gasteiger partial charge in [-0.05, 0) is 31.1 Å². The Balaban J connectivity index is 1.80. The first-order chi connectivity index (χ1) is 7.20. The summed E-state index contributed by atoms with van der Waals surface area (Å²) in [6, 6.07) is 0.100. The molecule has 15 heavy (non-hydrogen) atoms. The lowest BCUT2D eigenvalue weighted by Crippen LogP contribution is -2.40. The molecule has 0 saturated heterocycles. The highest BCUT2D eigenvalue weighted by atomic mass is 16.1. The molecule has 3 heteroatoms. The van der Waals surface area contributed by atoms with Gasteiger partial charge >= 0.3 is 0 Å². The van der Waals surface area contributed by atoms with Crippen LogP contribution < -0.4 is 11.1 Å². The second kappa shape index (κ2) is 4.35. The van der Waals surface area contributed by atoms with Crippen LogP contribution in [0.1, 0.15) is 26.2 Å². The van der Waals surface area contributed by atoms with Gasteiger partial charge in [0.05, 0.1) is 0 Å². The van der Waals surface area contributed by atoms with Crippen molar-refractivity contribution in [2.75, 3.05) is 6.54 Å². The van der Waals surface area contributed by atoms with Crippen LogP contribution in [0, 0.1) is 17.8 Å². The fraction of sp³-hybridized carbons (Fsp3) is 0.750. The molecular formula is C12H20N2O. The number of hydrogen-bond acceptors (Lipinski definition) is 2. The Morgan fingerprint density at radius 1 is 1.53 bits per heavy atom. The highest BCUT2D eigenvalue weighted by Gasteiger charge is 2.39. The minimum Gasteiger partial charge on any atom is -0.354 e. The molecule has 0 aromatic rings. The van der Waals surface area contributed by atoms with Gasteiger partial charge in [0.2, 0.25) is 5.91 Å². The van der Waals surface area contributed by atoms with Gasteiger partial charge in [-0.2, -0.15) is 0 Å². The molecule has 0 aliphatic heterocycles. The summed E-state index contributed by atoms with van der Waals surface area (Å²) in [5, 5.41) is 2.96. The first-order valence-corrected chi connectivity index (χ1v) is 5.92. The molecule has 2 aliphatic carbocycles. The summed E-state index contributed by atoms with van der Waals surface area (Å²) in [5.74, 6) is 1.57. The predicted molar refractivity (Wildman–Crippen MR) is 60.1 cm³/mol. The zero-order valence-electron chi connectivity index (χ0n) is 9.28. The number of carbonyl (C=O) groups is 1. The molecule has 0 spiro atoms. The number of hydrogen-bond donors (Lipinski definition) is 2. The lowest BCUT2D eigenvalue weighted by Gasteiger charge is -2.18. The minimum atomic E-state index is 0.100. The van der Waals surface area contributed by atoms with E-state index in [-0.39, 0.29) is 17.9 Å². The van der Waals surface area contributed by atoms with Crippen LogP contribution in [0.3, 0.4) is 0 Å². The van der Waals surface area contributed by atoms with E-state index >= 15 is 0 Å². The van der Waals surface area contributed by atoms with Gasteiger partial charge < -0.3 is 11.1 Å². The van der Waals surface area contributed by atoms with Crippen molar-refractivity contribution >= 4 is 5.91 Å². The lowest BCUT2D eigenvalue weighted by atomic mass is 9.93. The van der Waals surface area contributed by atoms with Crippen molar-refractivity contribution < 1.29 is 4.79 Å². The zero-order chi connectivity index (χ0) is 10.8. The summed E-state index contributed by atoms with van der Waals surface area (Å²) in [7, 11) is 0. The average Bonchev–Trinajstić information content (AvgIpc) is 2.86. The standard InChI is InChI=1S/C12H20N2O/c1-2-10(13)7-14-12(15)11-6-8-3-4-9(11)5-8/h3-4,8-11H,2,5-7,13H2,1H3,(H,14,15). The third-order valence-electron chi connectivity index (χ3n) is 3.68. The number of amides is 1. The van der Waals surface area contributed by atoms with Crippen molar-refractivity contribution in [2.24, 2.45) is 23.5 Å². The molecule has 0 aromatic heterocycles. The van der Waals surface area contributed by atoms with E-state index in [1.54, 1.807) is 0 Å². The van der Waals surface area contributed by atoms with E-state index < -0.39 is 0 Å². The molecule has 0 radical (unpaired) electrons. The quantitative estimate of drug-likeness (QED) is 0.679. The van der Waals surface area contributed by atoms with Crippen molar-refractivity contribution in [1.82, 2.24) is 5.32 Å². The van der Waals surface area contributed by atoms with E-state index in [1.807, 2.05) is 6.92 Å². The van der Waals surface area contributed by atoms with E-state index in [4.69, 9.17) is 5.73 Å². The third kappa shape index (κ3) is 2.23. The molecule has 4 unspecified atom stereocenters. The molecular weight excluding hydrogens is 188 g/mol. The molecule has 1 fully saturated rings. The highest BCUT2D eigenvalue weighted by molar-refractivity contribution is 5.80. The Bertz CT molecular complexity index is 275. The van der Waals surface area contributed by atoms with Crippen LogP contribution in [0.15, 0.2) is 12.2 Å². The van der Waals surface area contributed by atoms with E-state index in [2.05, 4.69) is 17.5 Å². The molecule has 0 aromatic carbocycles. The summed E-state index contributed by atoms with van der Waals surface area (Å²) in [6.45, 7) is 2.66. The minimum absolute atomic E-state index is 0.100. The number of nitrogens with two attached hydrogens (primary N) is 1. The SMILES string of the molecule is CCC(N)CNC(=O)C1CC2C=CC1C2. The van der Waals surface area contributed by atoms with Crippen molar-refractivity contribution in [1.29, 1.82) is 0 Å². The largest absolute Gasteiger partial charge is 0.354 e. The van der Waals surface area contributed by atoms with Crippen LogP contribution in [-0.4, -0.2) is 18.5 Å². The number of fused-ring (bicyclic) bond motifs is 2. The van der Waals surface area contributed by atoms with Crippen molar-refractivity contribution in [3.05, 3.63) is 12.2 Å². The number of nitrogens with one attached hydrogen (secondary N) is 1. The van der Waals surface area contributed by atoms with Crippen LogP contribution >= 0.6 is 0 Å². The van der Waals surface area contributed by atoms with E-state index in [0.717, 1.165) is 12.8 Å². The molecule has 3 N–H and O–H groups in total. The number of allylic oxidation sites excluding steroid dienone is 2. The van der Waals surface area contributed by atoms with Gasteiger partial charge in [0.15, 0.2) is 0 Å². The Hall–Kier alpha value is -0.830. The maximum Gasteiger partial charge on any atom is 0.223 e. The number of rotatable bonds is 4. The van der Waals surface area contributed by atoms with Crippen LogP contribution in [0.25, 0.3) is 0 Å². The first kappa shape index (κ1) is 10.7. The molecule has 0 heterocycles.